The van der Waals surface area contributed by atoms with E-state index in [-0.39, 0.29) is 19.6 Å². The number of hydrogen-bond acceptors (Lipinski definition) is 6. The van der Waals surface area contributed by atoms with Crippen molar-refractivity contribution in [1.29, 1.82) is 0 Å². The molecule has 34 heavy (non-hydrogen) atoms. The van der Waals surface area contributed by atoms with Crippen LogP contribution in [0.1, 0.15) is 16.8 Å². The van der Waals surface area contributed by atoms with Crippen molar-refractivity contribution in [3.63, 3.8) is 0 Å². The molecule has 1 amide bonds. The molecule has 0 aliphatic carbocycles. The third-order valence-corrected chi connectivity index (χ3v) is 5.95. The Hall–Kier alpha value is -3.97. The maximum Gasteiger partial charge on any atom is 0.408 e. The fourth-order valence-electron chi connectivity index (χ4n) is 3.28. The number of benzene rings is 3. The number of carbonyl (C=O) groups excluding carboxylic acids is 2. The fourth-order valence-corrected chi connectivity index (χ4v) is 4.09. The van der Waals surface area contributed by atoms with Crippen LogP contribution in [0.3, 0.4) is 0 Å². The van der Waals surface area contributed by atoms with Gasteiger partial charge in [-0.1, -0.05) is 91.0 Å². The first-order valence-corrected chi connectivity index (χ1v) is 11.7. The Labute approximate surface area is 202 Å². The third-order valence-electron chi connectivity index (χ3n) is 5.01. The van der Waals surface area contributed by atoms with Gasteiger partial charge in [0.25, 0.3) is 0 Å². The van der Waals surface area contributed by atoms with Crippen LogP contribution < -0.4 is 5.32 Å². The summed E-state index contributed by atoms with van der Waals surface area (Å²) in [5.41, 5.74) is 3.42. The Bertz CT molecular complexity index is 1200. The first-order chi connectivity index (χ1) is 16.7. The lowest BCUT2D eigenvalue weighted by Crippen LogP contribution is -2.43. The van der Waals surface area contributed by atoms with Gasteiger partial charge in [0, 0.05) is 17.4 Å². The Morgan fingerprint density at radius 2 is 1.41 bits per heavy atom. The van der Waals surface area contributed by atoms with Gasteiger partial charge in [0.15, 0.2) is 0 Å². The monoisotopic (exact) mass is 472 g/mol. The predicted molar refractivity (Wildman–Crippen MR) is 131 cm³/mol. The summed E-state index contributed by atoms with van der Waals surface area (Å²) in [5, 5.41) is 5.37. The number of rotatable bonds is 9. The van der Waals surface area contributed by atoms with E-state index in [2.05, 4.69) is 10.3 Å². The first kappa shape index (κ1) is 23.2. The van der Waals surface area contributed by atoms with Crippen LogP contribution in [0.25, 0.3) is 10.6 Å². The molecule has 0 saturated heterocycles. The maximum absolute atomic E-state index is 12.9. The van der Waals surface area contributed by atoms with Gasteiger partial charge in [0.2, 0.25) is 0 Å². The molecular formula is C27H24N2O4S. The van der Waals surface area contributed by atoms with Crippen molar-refractivity contribution in [3.8, 4) is 10.6 Å². The highest BCUT2D eigenvalue weighted by Gasteiger charge is 2.24. The number of nitrogens with zero attached hydrogens (tertiary/aromatic N) is 1. The van der Waals surface area contributed by atoms with Crippen LogP contribution in [0.15, 0.2) is 96.4 Å². The van der Waals surface area contributed by atoms with Crippen molar-refractivity contribution in [1.82, 2.24) is 10.3 Å². The van der Waals surface area contributed by atoms with Gasteiger partial charge in [-0.25, -0.2) is 14.6 Å². The molecule has 0 aliphatic heterocycles. The van der Waals surface area contributed by atoms with Gasteiger partial charge < -0.3 is 14.8 Å². The smallest absolute Gasteiger partial charge is 0.408 e. The summed E-state index contributed by atoms with van der Waals surface area (Å²) < 4.78 is 10.8. The lowest BCUT2D eigenvalue weighted by Gasteiger charge is -2.17. The number of esters is 1. The van der Waals surface area contributed by atoms with E-state index in [0.717, 1.165) is 21.7 Å². The molecule has 0 fully saturated rings. The average Bonchev–Trinajstić information content (AvgIpc) is 3.37. The van der Waals surface area contributed by atoms with E-state index in [9.17, 15) is 9.59 Å². The Morgan fingerprint density at radius 1 is 0.794 bits per heavy atom. The normalized spacial score (nSPS) is 11.4. The molecular weight excluding hydrogens is 448 g/mol. The number of amides is 1. The molecule has 0 spiro atoms. The van der Waals surface area contributed by atoms with Crippen LogP contribution in [-0.4, -0.2) is 23.1 Å². The topological polar surface area (TPSA) is 77.5 Å². The average molecular weight is 473 g/mol. The van der Waals surface area contributed by atoms with Gasteiger partial charge >= 0.3 is 12.1 Å². The molecule has 1 unspecified atom stereocenters. The second kappa shape index (κ2) is 11.8. The number of aromatic nitrogens is 1. The Balaban J connectivity index is 1.37. The highest BCUT2D eigenvalue weighted by atomic mass is 32.1. The molecule has 3 aromatic carbocycles. The lowest BCUT2D eigenvalue weighted by molar-refractivity contribution is -0.147. The van der Waals surface area contributed by atoms with Crippen molar-refractivity contribution < 1.29 is 19.1 Å². The van der Waals surface area contributed by atoms with Gasteiger partial charge in [-0.15, -0.1) is 11.3 Å². The molecule has 1 N–H and O–H groups in total. The summed E-state index contributed by atoms with van der Waals surface area (Å²) in [7, 11) is 0. The summed E-state index contributed by atoms with van der Waals surface area (Å²) in [6.45, 7) is 0.134. The van der Waals surface area contributed by atoms with Gasteiger partial charge in [0.05, 0.1) is 5.69 Å². The predicted octanol–water partition coefficient (Wildman–Crippen LogP) is 5.39. The second-order valence-corrected chi connectivity index (χ2v) is 8.42. The zero-order valence-electron chi connectivity index (χ0n) is 18.4. The molecule has 7 heteroatoms. The molecule has 0 aliphatic rings. The quantitative estimate of drug-likeness (QED) is 0.331. The van der Waals surface area contributed by atoms with E-state index in [0.29, 0.717) is 5.69 Å². The van der Waals surface area contributed by atoms with Crippen LogP contribution in [0.2, 0.25) is 0 Å². The molecule has 1 heterocycles. The number of thiazole rings is 1. The maximum atomic E-state index is 12.9. The van der Waals surface area contributed by atoms with Crippen LogP contribution >= 0.6 is 11.3 Å². The summed E-state index contributed by atoms with van der Waals surface area (Å²) in [6.07, 6.45) is -0.395. The van der Waals surface area contributed by atoms with E-state index < -0.39 is 18.1 Å². The summed E-state index contributed by atoms with van der Waals surface area (Å²) in [4.78, 5) is 29.8. The second-order valence-electron chi connectivity index (χ2n) is 7.57. The first-order valence-electron chi connectivity index (χ1n) is 10.8. The van der Waals surface area contributed by atoms with E-state index in [1.165, 1.54) is 11.3 Å². The number of ether oxygens (including phenoxy) is 2. The van der Waals surface area contributed by atoms with Crippen molar-refractivity contribution >= 4 is 23.4 Å². The summed E-state index contributed by atoms with van der Waals surface area (Å²) >= 11 is 1.49. The van der Waals surface area contributed by atoms with E-state index >= 15 is 0 Å². The molecule has 4 rings (SSSR count). The molecule has 172 valence electrons. The fraction of sp³-hybridized carbons (Fsp3) is 0.148. The van der Waals surface area contributed by atoms with Crippen molar-refractivity contribution in [2.75, 3.05) is 0 Å². The van der Waals surface area contributed by atoms with Crippen LogP contribution in [-0.2, 0) is 33.9 Å². The summed E-state index contributed by atoms with van der Waals surface area (Å²) in [5.74, 6) is -0.547. The number of carbonyl (C=O) groups is 2. The molecule has 1 aromatic heterocycles. The molecule has 0 saturated carbocycles. The number of alkyl carbamates (subject to hydrolysis) is 1. The lowest BCUT2D eigenvalue weighted by atomic mass is 10.1. The van der Waals surface area contributed by atoms with Gasteiger partial charge in [0.1, 0.15) is 24.3 Å². The molecule has 0 bridgehead atoms. The Kier molecular flexibility index (Phi) is 8.03. The van der Waals surface area contributed by atoms with Gasteiger partial charge in [-0.3, -0.25) is 0 Å². The minimum Gasteiger partial charge on any atom is -0.458 e. The SMILES string of the molecule is O=C(NC(Cc1ccccc1)C(=O)OCc1csc(-c2ccccc2)n1)OCc1ccccc1. The Morgan fingerprint density at radius 3 is 2.09 bits per heavy atom. The van der Waals surface area contributed by atoms with E-state index in [4.69, 9.17) is 9.47 Å². The number of hydrogen-bond donors (Lipinski definition) is 1. The van der Waals surface area contributed by atoms with Gasteiger partial charge in [-0.2, -0.15) is 0 Å². The minimum atomic E-state index is -0.891. The highest BCUT2D eigenvalue weighted by molar-refractivity contribution is 7.13. The van der Waals surface area contributed by atoms with Crippen molar-refractivity contribution in [3.05, 3.63) is 113 Å². The highest BCUT2D eigenvalue weighted by Crippen LogP contribution is 2.23. The standard InChI is InChI=1S/C27H24N2O4S/c30-26(32-18-23-19-34-25(28-23)22-14-8-3-9-15-22)24(16-20-10-4-1-5-11-20)29-27(31)33-17-21-12-6-2-7-13-21/h1-15,19,24H,16-18H2,(H,29,31). The van der Waals surface area contributed by atoms with E-state index in [1.807, 2.05) is 96.4 Å². The zero-order chi connectivity index (χ0) is 23.6. The van der Waals surface area contributed by atoms with Crippen molar-refractivity contribution in [2.45, 2.75) is 25.7 Å². The summed E-state index contributed by atoms with van der Waals surface area (Å²) in [6, 6.07) is 27.7. The van der Waals surface area contributed by atoms with Crippen molar-refractivity contribution in [2.24, 2.45) is 0 Å². The van der Waals surface area contributed by atoms with Crippen LogP contribution in [0.5, 0.6) is 0 Å². The number of nitrogens with one attached hydrogen (secondary N) is 1. The molecule has 1 atom stereocenters. The third kappa shape index (κ3) is 6.76. The molecule has 6 nitrogen and oxygen atoms in total. The van der Waals surface area contributed by atoms with E-state index in [1.54, 1.807) is 0 Å². The van der Waals surface area contributed by atoms with Gasteiger partial charge in [-0.05, 0) is 11.1 Å². The van der Waals surface area contributed by atoms with Crippen LogP contribution in [0.4, 0.5) is 4.79 Å². The largest absolute Gasteiger partial charge is 0.458 e. The minimum absolute atomic E-state index is 0.0220. The molecule has 0 radical (unpaired) electrons. The molecule has 4 aromatic rings. The zero-order valence-corrected chi connectivity index (χ0v) is 19.2. The van der Waals surface area contributed by atoms with Crippen LogP contribution in [0, 0.1) is 0 Å².